The first kappa shape index (κ1) is 13.3. The van der Waals surface area contributed by atoms with E-state index >= 15 is 0 Å². The van der Waals surface area contributed by atoms with Crippen LogP contribution in [0.2, 0.25) is 5.02 Å². The number of rotatable bonds is 4. The monoisotopic (exact) mass is 272 g/mol. The number of hydrogen-bond acceptors (Lipinski definition) is 3. The first-order valence-corrected chi connectivity index (χ1v) is 6.17. The number of nitrogens with zero attached hydrogens (tertiary/aromatic N) is 1. The van der Waals surface area contributed by atoms with Crippen LogP contribution in [0.5, 0.6) is 5.75 Å². The normalized spacial score (nSPS) is 11.4. The summed E-state index contributed by atoms with van der Waals surface area (Å²) in [7, 11) is 1.59. The second-order valence-electron chi connectivity index (χ2n) is 3.93. The molecule has 0 fully saturated rings. The molecule has 2 aromatic carbocycles. The lowest BCUT2D eigenvalue weighted by atomic mass is 10.1. The van der Waals surface area contributed by atoms with Gasteiger partial charge in [-0.05, 0) is 18.2 Å². The number of benzene rings is 2. The number of para-hydroxylation sites is 2. The van der Waals surface area contributed by atoms with Gasteiger partial charge in [-0.2, -0.15) is 5.26 Å². The van der Waals surface area contributed by atoms with E-state index < -0.39 is 6.04 Å². The molecular formula is C15H13ClN2O. The third-order valence-electron chi connectivity index (χ3n) is 2.75. The molecule has 1 N–H and O–H groups in total. The van der Waals surface area contributed by atoms with Gasteiger partial charge in [-0.15, -0.1) is 0 Å². The Hall–Kier alpha value is -2.18. The zero-order valence-electron chi connectivity index (χ0n) is 10.4. The molecule has 0 aliphatic heterocycles. The summed E-state index contributed by atoms with van der Waals surface area (Å²) in [5.74, 6) is 0.675. The van der Waals surface area contributed by atoms with Crippen LogP contribution in [-0.4, -0.2) is 7.11 Å². The standard InChI is InChI=1S/C15H13ClN2O/c1-19-15-9-5-2-6-11(15)14(10-17)18-13-8-4-3-7-12(13)16/h2-9,14,18H,1H3. The molecule has 0 aromatic heterocycles. The van der Waals surface area contributed by atoms with Crippen LogP contribution in [-0.2, 0) is 0 Å². The van der Waals surface area contributed by atoms with E-state index in [-0.39, 0.29) is 0 Å². The molecule has 0 saturated heterocycles. The lowest BCUT2D eigenvalue weighted by Crippen LogP contribution is -2.10. The molecule has 1 unspecified atom stereocenters. The summed E-state index contributed by atoms with van der Waals surface area (Å²) in [5.41, 5.74) is 1.51. The van der Waals surface area contributed by atoms with E-state index in [0.717, 1.165) is 11.3 Å². The van der Waals surface area contributed by atoms with Gasteiger partial charge in [0.15, 0.2) is 0 Å². The van der Waals surface area contributed by atoms with Crippen molar-refractivity contribution < 1.29 is 4.74 Å². The van der Waals surface area contributed by atoms with Gasteiger partial charge in [0, 0.05) is 5.56 Å². The number of halogens is 1. The molecule has 3 nitrogen and oxygen atoms in total. The molecule has 0 saturated carbocycles. The zero-order chi connectivity index (χ0) is 13.7. The minimum absolute atomic E-state index is 0.518. The van der Waals surface area contributed by atoms with Crippen molar-refractivity contribution in [2.75, 3.05) is 12.4 Å². The molecule has 0 radical (unpaired) electrons. The molecule has 96 valence electrons. The van der Waals surface area contributed by atoms with Crippen molar-refractivity contribution in [3.05, 3.63) is 59.1 Å². The molecule has 0 amide bonds. The number of methoxy groups -OCH3 is 1. The second-order valence-corrected chi connectivity index (χ2v) is 4.34. The van der Waals surface area contributed by atoms with Crippen molar-refractivity contribution in [2.45, 2.75) is 6.04 Å². The zero-order valence-corrected chi connectivity index (χ0v) is 11.2. The van der Waals surface area contributed by atoms with E-state index in [1.54, 1.807) is 13.2 Å². The maximum absolute atomic E-state index is 9.34. The SMILES string of the molecule is COc1ccccc1C(C#N)Nc1ccccc1Cl. The lowest BCUT2D eigenvalue weighted by molar-refractivity contribution is 0.409. The summed E-state index contributed by atoms with van der Waals surface area (Å²) in [5, 5.41) is 13.0. The van der Waals surface area contributed by atoms with Gasteiger partial charge >= 0.3 is 0 Å². The fourth-order valence-electron chi connectivity index (χ4n) is 1.82. The summed E-state index contributed by atoms with van der Waals surface area (Å²) in [6.07, 6.45) is 0. The fourth-order valence-corrected chi connectivity index (χ4v) is 2.01. The highest BCUT2D eigenvalue weighted by Gasteiger charge is 2.15. The molecule has 2 rings (SSSR count). The van der Waals surface area contributed by atoms with Crippen LogP contribution in [0.3, 0.4) is 0 Å². The molecule has 0 aliphatic carbocycles. The minimum atomic E-state index is -0.518. The quantitative estimate of drug-likeness (QED) is 0.914. The van der Waals surface area contributed by atoms with Gasteiger partial charge < -0.3 is 10.1 Å². The average Bonchev–Trinajstić information content (AvgIpc) is 2.46. The molecule has 0 spiro atoms. The first-order valence-electron chi connectivity index (χ1n) is 5.80. The maximum Gasteiger partial charge on any atom is 0.143 e. The number of hydrogen-bond donors (Lipinski definition) is 1. The molecule has 1 atom stereocenters. The Balaban J connectivity index is 2.31. The number of ether oxygens (including phenoxy) is 1. The number of anilines is 1. The van der Waals surface area contributed by atoms with Crippen molar-refractivity contribution in [1.29, 1.82) is 5.26 Å². The molecule has 4 heteroatoms. The van der Waals surface area contributed by atoms with Crippen molar-refractivity contribution >= 4 is 17.3 Å². The summed E-state index contributed by atoms with van der Waals surface area (Å²) < 4.78 is 5.27. The second kappa shape index (κ2) is 6.12. The molecule has 0 aliphatic rings. The maximum atomic E-state index is 9.34. The third-order valence-corrected chi connectivity index (χ3v) is 3.08. The topological polar surface area (TPSA) is 45.0 Å². The van der Waals surface area contributed by atoms with E-state index in [1.807, 2.05) is 42.5 Å². The van der Waals surface area contributed by atoms with Crippen molar-refractivity contribution in [3.63, 3.8) is 0 Å². The van der Waals surface area contributed by atoms with Crippen LogP contribution >= 0.6 is 11.6 Å². The summed E-state index contributed by atoms with van der Waals surface area (Å²) in [6.45, 7) is 0. The van der Waals surface area contributed by atoms with Crippen molar-refractivity contribution in [3.8, 4) is 11.8 Å². The molecule has 2 aromatic rings. The van der Waals surface area contributed by atoms with E-state index in [0.29, 0.717) is 10.8 Å². The van der Waals surface area contributed by atoms with E-state index in [9.17, 15) is 5.26 Å². The van der Waals surface area contributed by atoms with Gasteiger partial charge in [0.05, 0.1) is 23.9 Å². The van der Waals surface area contributed by atoms with E-state index in [2.05, 4.69) is 11.4 Å². The van der Waals surface area contributed by atoms with Crippen molar-refractivity contribution in [1.82, 2.24) is 0 Å². The molecule has 0 bridgehead atoms. The highest BCUT2D eigenvalue weighted by atomic mass is 35.5. The minimum Gasteiger partial charge on any atom is -0.496 e. The third kappa shape index (κ3) is 2.98. The van der Waals surface area contributed by atoms with E-state index in [4.69, 9.17) is 16.3 Å². The number of nitrogens with one attached hydrogen (secondary N) is 1. The van der Waals surface area contributed by atoms with Crippen LogP contribution in [0.1, 0.15) is 11.6 Å². The Kier molecular flexibility index (Phi) is 4.27. The van der Waals surface area contributed by atoms with Crippen LogP contribution in [0.25, 0.3) is 0 Å². The molecule has 19 heavy (non-hydrogen) atoms. The van der Waals surface area contributed by atoms with Gasteiger partial charge in [-0.1, -0.05) is 41.9 Å². The van der Waals surface area contributed by atoms with Crippen molar-refractivity contribution in [2.24, 2.45) is 0 Å². The Morgan fingerprint density at radius 2 is 1.84 bits per heavy atom. The Bertz CT molecular complexity index is 607. The van der Waals surface area contributed by atoms with Crippen LogP contribution in [0.4, 0.5) is 5.69 Å². The molecule has 0 heterocycles. The Morgan fingerprint density at radius 3 is 2.53 bits per heavy atom. The number of nitriles is 1. The highest BCUT2D eigenvalue weighted by molar-refractivity contribution is 6.33. The van der Waals surface area contributed by atoms with Gasteiger partial charge in [-0.25, -0.2) is 0 Å². The van der Waals surface area contributed by atoms with Crippen LogP contribution in [0.15, 0.2) is 48.5 Å². The summed E-state index contributed by atoms with van der Waals surface area (Å²) in [6, 6.07) is 16.5. The van der Waals surface area contributed by atoms with E-state index in [1.165, 1.54) is 0 Å². The highest BCUT2D eigenvalue weighted by Crippen LogP contribution is 2.30. The van der Waals surface area contributed by atoms with Gasteiger partial charge in [0.2, 0.25) is 0 Å². The Labute approximate surface area is 117 Å². The first-order chi connectivity index (χ1) is 9.26. The van der Waals surface area contributed by atoms with Gasteiger partial charge in [0.25, 0.3) is 0 Å². The van der Waals surface area contributed by atoms with Gasteiger partial charge in [0.1, 0.15) is 11.8 Å². The van der Waals surface area contributed by atoms with Crippen LogP contribution < -0.4 is 10.1 Å². The summed E-state index contributed by atoms with van der Waals surface area (Å²) in [4.78, 5) is 0. The van der Waals surface area contributed by atoms with Crippen LogP contribution in [0, 0.1) is 11.3 Å². The largest absolute Gasteiger partial charge is 0.496 e. The fraction of sp³-hybridized carbons (Fsp3) is 0.133. The smallest absolute Gasteiger partial charge is 0.143 e. The van der Waals surface area contributed by atoms with Gasteiger partial charge in [-0.3, -0.25) is 0 Å². The Morgan fingerprint density at radius 1 is 1.16 bits per heavy atom. The lowest BCUT2D eigenvalue weighted by Gasteiger charge is -2.16. The predicted molar refractivity (Wildman–Crippen MR) is 76.4 cm³/mol. The predicted octanol–water partition coefficient (Wildman–Crippen LogP) is 4.03. The average molecular weight is 273 g/mol. The molecular weight excluding hydrogens is 260 g/mol. The summed E-state index contributed by atoms with van der Waals surface area (Å²) >= 11 is 6.08.